The summed E-state index contributed by atoms with van der Waals surface area (Å²) in [6, 6.07) is 10.1. The van der Waals surface area contributed by atoms with Gasteiger partial charge in [-0.05, 0) is 35.9 Å². The molecule has 0 spiro atoms. The van der Waals surface area contributed by atoms with Crippen molar-refractivity contribution < 1.29 is 19.3 Å². The molecule has 0 aromatic heterocycles. The Morgan fingerprint density at radius 3 is 2.27 bits per heavy atom. The molecule has 0 saturated heterocycles. The Labute approximate surface area is 148 Å². The molecule has 0 unspecified atom stereocenters. The zero-order chi connectivity index (χ0) is 19.3. The average molecular weight is 355 g/mol. The van der Waals surface area contributed by atoms with E-state index in [2.05, 4.69) is 0 Å². The van der Waals surface area contributed by atoms with Gasteiger partial charge in [0.1, 0.15) is 5.75 Å². The van der Waals surface area contributed by atoms with Gasteiger partial charge in [0.2, 0.25) is 0 Å². The number of ether oxygens (including phenoxy) is 2. The molecule has 0 amide bonds. The number of allylic oxidation sites excluding steroid dienone is 1. The highest BCUT2D eigenvalue weighted by Gasteiger charge is 2.18. The normalized spacial score (nSPS) is 10.7. The van der Waals surface area contributed by atoms with Gasteiger partial charge in [-0.15, -0.1) is 0 Å². The van der Waals surface area contributed by atoms with E-state index in [4.69, 9.17) is 9.47 Å². The molecule has 0 atom stereocenters. The van der Waals surface area contributed by atoms with Crippen LogP contribution in [-0.4, -0.2) is 24.1 Å². The number of nitro benzene ring substituents is 2. The third kappa shape index (κ3) is 3.76. The van der Waals surface area contributed by atoms with Crippen LogP contribution in [0.4, 0.5) is 11.4 Å². The largest absolute Gasteiger partial charge is 0.497 e. The van der Waals surface area contributed by atoms with E-state index in [1.165, 1.54) is 56.7 Å². The highest BCUT2D eigenvalue weighted by atomic mass is 16.6. The predicted octanol–water partition coefficient (Wildman–Crippen LogP) is 3.58. The molecule has 2 rings (SSSR count). The molecule has 0 radical (unpaired) electrons. The molecule has 132 valence electrons. The molecule has 0 aliphatic heterocycles. The summed E-state index contributed by atoms with van der Waals surface area (Å²) >= 11 is 0. The highest BCUT2D eigenvalue weighted by molar-refractivity contribution is 5.92. The Kier molecular flexibility index (Phi) is 5.49. The lowest BCUT2D eigenvalue weighted by molar-refractivity contribution is -0.385. The van der Waals surface area contributed by atoms with Gasteiger partial charge in [0.05, 0.1) is 47.3 Å². The van der Waals surface area contributed by atoms with Gasteiger partial charge in [-0.25, -0.2) is 0 Å². The summed E-state index contributed by atoms with van der Waals surface area (Å²) in [5.41, 5.74) is -0.115. The number of nitriles is 1. The van der Waals surface area contributed by atoms with Crippen LogP contribution in [0.15, 0.2) is 36.4 Å². The summed E-state index contributed by atoms with van der Waals surface area (Å²) in [6.07, 6.45) is 1.29. The lowest BCUT2D eigenvalue weighted by Crippen LogP contribution is -1.96. The van der Waals surface area contributed by atoms with Gasteiger partial charge in [0.25, 0.3) is 5.69 Å². The fourth-order valence-electron chi connectivity index (χ4n) is 2.27. The van der Waals surface area contributed by atoms with Crippen molar-refractivity contribution in [1.82, 2.24) is 0 Å². The number of benzene rings is 2. The Morgan fingerprint density at radius 1 is 1.04 bits per heavy atom. The number of rotatable bonds is 6. The van der Waals surface area contributed by atoms with E-state index >= 15 is 0 Å². The first-order valence-electron chi connectivity index (χ1n) is 7.18. The Morgan fingerprint density at radius 2 is 1.73 bits per heavy atom. The zero-order valence-electron chi connectivity index (χ0n) is 13.8. The van der Waals surface area contributed by atoms with Crippen molar-refractivity contribution in [1.29, 1.82) is 5.26 Å². The molecule has 9 heteroatoms. The van der Waals surface area contributed by atoms with E-state index < -0.39 is 9.85 Å². The maximum atomic E-state index is 11.3. The lowest BCUT2D eigenvalue weighted by atomic mass is 10.0. The number of nitrogens with zero attached hydrogens (tertiary/aromatic N) is 3. The topological polar surface area (TPSA) is 129 Å². The minimum absolute atomic E-state index is 0.0315. The Bertz CT molecular complexity index is 946. The fourth-order valence-corrected chi connectivity index (χ4v) is 2.27. The van der Waals surface area contributed by atoms with Crippen molar-refractivity contribution in [3.8, 4) is 17.6 Å². The van der Waals surface area contributed by atoms with Gasteiger partial charge in [-0.1, -0.05) is 0 Å². The molecule has 0 N–H and O–H groups in total. The van der Waals surface area contributed by atoms with E-state index in [1.807, 2.05) is 6.07 Å². The lowest BCUT2D eigenvalue weighted by Gasteiger charge is -2.05. The second-order valence-electron chi connectivity index (χ2n) is 5.00. The van der Waals surface area contributed by atoms with Crippen molar-refractivity contribution >= 4 is 23.0 Å². The van der Waals surface area contributed by atoms with Crippen molar-refractivity contribution in [3.05, 3.63) is 67.8 Å². The van der Waals surface area contributed by atoms with Gasteiger partial charge in [-0.3, -0.25) is 20.2 Å². The van der Waals surface area contributed by atoms with Crippen LogP contribution in [0.1, 0.15) is 11.1 Å². The SMILES string of the molecule is COc1ccc(/C=C(\C#N)c2ccc(OC)c([N+](=O)[O-])c2)c([N+](=O)[O-])c1. The smallest absolute Gasteiger partial charge is 0.311 e. The minimum atomic E-state index is -0.632. The van der Waals surface area contributed by atoms with Crippen LogP contribution in [0.25, 0.3) is 11.6 Å². The first kappa shape index (κ1) is 18.4. The average Bonchev–Trinajstić information content (AvgIpc) is 2.65. The monoisotopic (exact) mass is 355 g/mol. The quantitative estimate of drug-likeness (QED) is 0.335. The number of hydrogen-bond donors (Lipinski definition) is 0. The second kappa shape index (κ2) is 7.76. The molecular weight excluding hydrogens is 342 g/mol. The second-order valence-corrected chi connectivity index (χ2v) is 5.00. The van der Waals surface area contributed by atoms with E-state index in [0.29, 0.717) is 5.75 Å². The summed E-state index contributed by atoms with van der Waals surface area (Å²) in [4.78, 5) is 21.2. The Hall–Kier alpha value is -3.93. The van der Waals surface area contributed by atoms with E-state index in [0.717, 1.165) is 0 Å². The third-order valence-corrected chi connectivity index (χ3v) is 3.54. The molecule has 0 saturated carbocycles. The molecule has 0 bridgehead atoms. The van der Waals surface area contributed by atoms with Crippen molar-refractivity contribution in [3.63, 3.8) is 0 Å². The van der Waals surface area contributed by atoms with Crippen molar-refractivity contribution in [2.24, 2.45) is 0 Å². The molecule has 2 aromatic carbocycles. The Balaban J connectivity index is 2.60. The van der Waals surface area contributed by atoms with Crippen LogP contribution in [0, 0.1) is 31.6 Å². The van der Waals surface area contributed by atoms with E-state index in [1.54, 1.807) is 0 Å². The molecule has 0 aliphatic carbocycles. The fraction of sp³-hybridized carbons (Fsp3) is 0.118. The van der Waals surface area contributed by atoms with Gasteiger partial charge >= 0.3 is 5.69 Å². The van der Waals surface area contributed by atoms with Crippen LogP contribution in [0.5, 0.6) is 11.5 Å². The third-order valence-electron chi connectivity index (χ3n) is 3.54. The van der Waals surface area contributed by atoms with Crippen molar-refractivity contribution in [2.75, 3.05) is 14.2 Å². The molecule has 2 aromatic rings. The summed E-state index contributed by atoms with van der Waals surface area (Å²) in [5.74, 6) is 0.346. The number of methoxy groups -OCH3 is 2. The van der Waals surface area contributed by atoms with Crippen LogP contribution in [-0.2, 0) is 0 Å². The molecule has 0 aliphatic rings. The summed E-state index contributed by atoms with van der Waals surface area (Å²) < 4.78 is 9.89. The molecular formula is C17H13N3O6. The van der Waals surface area contributed by atoms with Gasteiger partial charge in [-0.2, -0.15) is 5.26 Å². The van der Waals surface area contributed by atoms with Crippen LogP contribution in [0.3, 0.4) is 0 Å². The highest BCUT2D eigenvalue weighted by Crippen LogP contribution is 2.32. The molecule has 0 heterocycles. The summed E-state index contributed by atoms with van der Waals surface area (Å²) in [6.45, 7) is 0. The van der Waals surface area contributed by atoms with Gasteiger partial charge < -0.3 is 9.47 Å². The van der Waals surface area contributed by atoms with Gasteiger partial charge in [0, 0.05) is 6.07 Å². The molecule has 9 nitrogen and oxygen atoms in total. The molecule has 26 heavy (non-hydrogen) atoms. The zero-order valence-corrected chi connectivity index (χ0v) is 13.8. The maximum Gasteiger partial charge on any atom is 0.311 e. The van der Waals surface area contributed by atoms with E-state index in [-0.39, 0.29) is 33.8 Å². The first-order chi connectivity index (χ1) is 12.4. The first-order valence-corrected chi connectivity index (χ1v) is 7.18. The minimum Gasteiger partial charge on any atom is -0.497 e. The van der Waals surface area contributed by atoms with Crippen LogP contribution in [0.2, 0.25) is 0 Å². The maximum absolute atomic E-state index is 11.3. The number of hydrogen-bond acceptors (Lipinski definition) is 7. The van der Waals surface area contributed by atoms with E-state index in [9.17, 15) is 25.5 Å². The van der Waals surface area contributed by atoms with Crippen LogP contribution < -0.4 is 9.47 Å². The molecule has 0 fully saturated rings. The summed E-state index contributed by atoms with van der Waals surface area (Å²) in [5, 5.41) is 31.8. The van der Waals surface area contributed by atoms with Crippen LogP contribution >= 0.6 is 0 Å². The summed E-state index contributed by atoms with van der Waals surface area (Å²) in [7, 11) is 2.68. The predicted molar refractivity (Wildman–Crippen MR) is 92.8 cm³/mol. The standard InChI is InChI=1S/C17H13N3O6/c1-25-14-5-3-12(15(9-14)19(21)22)7-13(10-18)11-4-6-17(26-2)16(8-11)20(23)24/h3-9H,1-2H3/b13-7+. The number of nitro groups is 2. The van der Waals surface area contributed by atoms with Crippen molar-refractivity contribution in [2.45, 2.75) is 0 Å². The van der Waals surface area contributed by atoms with Gasteiger partial charge in [0.15, 0.2) is 5.75 Å².